The molecule has 1 saturated heterocycles. The van der Waals surface area contributed by atoms with Gasteiger partial charge in [-0.15, -0.1) is 0 Å². The number of nitrogens with zero attached hydrogens (tertiary/aromatic N) is 4. The highest BCUT2D eigenvalue weighted by atomic mass is 16.5. The first-order valence-electron chi connectivity index (χ1n) is 12.5. The van der Waals surface area contributed by atoms with Crippen molar-refractivity contribution >= 4 is 22.6 Å². The fourth-order valence-corrected chi connectivity index (χ4v) is 4.92. The highest BCUT2D eigenvalue weighted by Gasteiger charge is 2.22. The van der Waals surface area contributed by atoms with Gasteiger partial charge in [-0.25, -0.2) is 0 Å². The van der Waals surface area contributed by atoms with Crippen LogP contribution in [0.1, 0.15) is 22.8 Å². The Morgan fingerprint density at radius 3 is 1.97 bits per heavy atom. The third-order valence-electron chi connectivity index (χ3n) is 7.00. The minimum absolute atomic E-state index is 0.00547. The van der Waals surface area contributed by atoms with Crippen molar-refractivity contribution in [2.45, 2.75) is 20.0 Å². The molecular weight excluding hydrogens is 468 g/mol. The molecule has 8 heteroatoms. The highest BCUT2D eigenvalue weighted by Crippen LogP contribution is 2.21. The summed E-state index contributed by atoms with van der Waals surface area (Å²) < 4.78 is 8.25. The fourth-order valence-electron chi connectivity index (χ4n) is 4.92. The number of methoxy groups -OCH3 is 1. The van der Waals surface area contributed by atoms with E-state index in [4.69, 9.17) is 4.74 Å². The van der Waals surface area contributed by atoms with Crippen LogP contribution in [0.4, 0.5) is 5.69 Å². The molecular formula is C29H30N4O4. The lowest BCUT2D eigenvalue weighted by Crippen LogP contribution is -2.48. The summed E-state index contributed by atoms with van der Waals surface area (Å²) in [7, 11) is 1.65. The van der Waals surface area contributed by atoms with Gasteiger partial charge in [-0.3, -0.25) is 19.0 Å². The van der Waals surface area contributed by atoms with Crippen molar-refractivity contribution in [2.75, 3.05) is 38.2 Å². The van der Waals surface area contributed by atoms with Gasteiger partial charge >= 0.3 is 11.1 Å². The van der Waals surface area contributed by atoms with Crippen molar-refractivity contribution in [3.05, 3.63) is 105 Å². The number of aryl methyl sites for hydroxylation is 1. The molecule has 0 N–H and O–H groups in total. The predicted molar refractivity (Wildman–Crippen MR) is 145 cm³/mol. The van der Waals surface area contributed by atoms with Crippen molar-refractivity contribution in [2.24, 2.45) is 0 Å². The van der Waals surface area contributed by atoms with E-state index in [2.05, 4.69) is 4.90 Å². The number of fused-ring (bicyclic) bond motifs is 1. The van der Waals surface area contributed by atoms with Crippen LogP contribution in [-0.4, -0.2) is 53.2 Å². The van der Waals surface area contributed by atoms with E-state index in [1.807, 2.05) is 72.5 Å². The van der Waals surface area contributed by atoms with Gasteiger partial charge in [0.1, 0.15) is 5.75 Å². The first kappa shape index (κ1) is 24.4. The van der Waals surface area contributed by atoms with Gasteiger partial charge in [0, 0.05) is 44.0 Å². The van der Waals surface area contributed by atoms with Crippen LogP contribution >= 0.6 is 0 Å². The summed E-state index contributed by atoms with van der Waals surface area (Å²) in [6, 6.07) is 22.7. The Morgan fingerprint density at radius 1 is 0.784 bits per heavy atom. The summed E-state index contributed by atoms with van der Waals surface area (Å²) in [5, 5.41) is 0. The second kappa shape index (κ2) is 10.3. The molecule has 1 aliphatic rings. The molecule has 1 amide bonds. The number of ether oxygens (including phenoxy) is 1. The highest BCUT2D eigenvalue weighted by molar-refractivity contribution is 5.94. The van der Waals surface area contributed by atoms with Crippen molar-refractivity contribution in [3.8, 4) is 5.75 Å². The summed E-state index contributed by atoms with van der Waals surface area (Å²) in [6.45, 7) is 5.34. The molecule has 5 rings (SSSR count). The minimum atomic E-state index is -0.546. The summed E-state index contributed by atoms with van der Waals surface area (Å²) >= 11 is 0. The number of rotatable bonds is 6. The quantitative estimate of drug-likeness (QED) is 0.382. The summed E-state index contributed by atoms with van der Waals surface area (Å²) in [5.41, 5.74) is 2.95. The number of anilines is 1. The minimum Gasteiger partial charge on any atom is -0.497 e. The van der Waals surface area contributed by atoms with E-state index < -0.39 is 11.1 Å². The number of piperazine rings is 1. The van der Waals surface area contributed by atoms with Crippen molar-refractivity contribution in [1.29, 1.82) is 0 Å². The van der Waals surface area contributed by atoms with Crippen LogP contribution < -0.4 is 20.8 Å². The van der Waals surface area contributed by atoms with E-state index in [0.29, 0.717) is 30.7 Å². The molecule has 3 aromatic carbocycles. The van der Waals surface area contributed by atoms with Gasteiger partial charge in [0.25, 0.3) is 5.91 Å². The topological polar surface area (TPSA) is 76.8 Å². The summed E-state index contributed by atoms with van der Waals surface area (Å²) in [5.74, 6) is 0.818. The Morgan fingerprint density at radius 2 is 1.38 bits per heavy atom. The van der Waals surface area contributed by atoms with Gasteiger partial charge in [-0.2, -0.15) is 0 Å². The molecule has 0 radical (unpaired) electrons. The van der Waals surface area contributed by atoms with Gasteiger partial charge in [-0.1, -0.05) is 24.3 Å². The third-order valence-corrected chi connectivity index (χ3v) is 7.00. The van der Waals surface area contributed by atoms with E-state index in [1.54, 1.807) is 19.2 Å². The molecule has 4 aromatic rings. The summed E-state index contributed by atoms with van der Waals surface area (Å²) in [4.78, 5) is 42.8. The van der Waals surface area contributed by atoms with Gasteiger partial charge in [0.05, 0.1) is 24.7 Å². The zero-order valence-electron chi connectivity index (χ0n) is 21.1. The smallest absolute Gasteiger partial charge is 0.317 e. The van der Waals surface area contributed by atoms with E-state index in [9.17, 15) is 14.4 Å². The molecule has 0 aliphatic carbocycles. The predicted octanol–water partition coefficient (Wildman–Crippen LogP) is 3.20. The first-order chi connectivity index (χ1) is 18.0. The molecule has 0 bridgehead atoms. The standard InChI is InChI=1S/C29H30N4O4/c1-3-32-25-6-4-5-7-26(25)33(29(36)28(32)35)20-21-8-10-22(11-9-21)27(34)31-18-16-30(17-19-31)23-12-14-24(37-2)15-13-23/h4-15H,3,16-20H2,1-2H3. The number of hydrogen-bond acceptors (Lipinski definition) is 5. The number of amides is 1. The number of para-hydroxylation sites is 2. The maximum atomic E-state index is 13.1. The largest absolute Gasteiger partial charge is 0.497 e. The van der Waals surface area contributed by atoms with Crippen molar-refractivity contribution in [3.63, 3.8) is 0 Å². The molecule has 2 heterocycles. The number of aromatic nitrogens is 2. The molecule has 190 valence electrons. The molecule has 37 heavy (non-hydrogen) atoms. The van der Waals surface area contributed by atoms with Crippen LogP contribution in [0.15, 0.2) is 82.4 Å². The Labute approximate surface area is 214 Å². The Kier molecular flexibility index (Phi) is 6.81. The van der Waals surface area contributed by atoms with Gasteiger partial charge in [0.15, 0.2) is 0 Å². The van der Waals surface area contributed by atoms with E-state index in [-0.39, 0.29) is 12.5 Å². The number of benzene rings is 3. The SMILES string of the molecule is CCn1c(=O)c(=O)n(Cc2ccc(C(=O)N3CCN(c4ccc(OC)cc4)CC3)cc2)c2ccccc21. The van der Waals surface area contributed by atoms with E-state index in [1.165, 1.54) is 9.13 Å². The molecule has 0 atom stereocenters. The first-order valence-corrected chi connectivity index (χ1v) is 12.5. The molecule has 0 saturated carbocycles. The third kappa shape index (κ3) is 4.74. The molecule has 8 nitrogen and oxygen atoms in total. The molecule has 1 aliphatic heterocycles. The van der Waals surface area contributed by atoms with Crippen LogP contribution in [0.5, 0.6) is 5.75 Å². The summed E-state index contributed by atoms with van der Waals surface area (Å²) in [6.07, 6.45) is 0. The van der Waals surface area contributed by atoms with E-state index in [0.717, 1.165) is 35.6 Å². The monoisotopic (exact) mass is 498 g/mol. The van der Waals surface area contributed by atoms with Crippen molar-refractivity contribution < 1.29 is 9.53 Å². The Hall–Kier alpha value is -4.33. The molecule has 0 unspecified atom stereocenters. The lowest BCUT2D eigenvalue weighted by Gasteiger charge is -2.36. The van der Waals surface area contributed by atoms with Gasteiger partial charge in [0.2, 0.25) is 0 Å². The average molecular weight is 499 g/mol. The Balaban J connectivity index is 1.29. The van der Waals surface area contributed by atoms with Crippen LogP contribution in [0.2, 0.25) is 0 Å². The maximum Gasteiger partial charge on any atom is 0.317 e. The van der Waals surface area contributed by atoms with Crippen molar-refractivity contribution in [1.82, 2.24) is 14.0 Å². The number of hydrogen-bond donors (Lipinski definition) is 0. The lowest BCUT2D eigenvalue weighted by molar-refractivity contribution is 0.0747. The molecule has 0 spiro atoms. The maximum absolute atomic E-state index is 13.1. The average Bonchev–Trinajstić information content (AvgIpc) is 2.96. The fraction of sp³-hybridized carbons (Fsp3) is 0.276. The second-order valence-electron chi connectivity index (χ2n) is 9.10. The van der Waals surface area contributed by atoms with Gasteiger partial charge < -0.3 is 19.1 Å². The zero-order valence-corrected chi connectivity index (χ0v) is 21.1. The van der Waals surface area contributed by atoms with Crippen LogP contribution in [0.25, 0.3) is 11.0 Å². The zero-order chi connectivity index (χ0) is 25.9. The van der Waals surface area contributed by atoms with Crippen LogP contribution in [-0.2, 0) is 13.1 Å². The molecule has 1 aromatic heterocycles. The molecule has 1 fully saturated rings. The number of carbonyl (C=O) groups is 1. The van der Waals surface area contributed by atoms with E-state index >= 15 is 0 Å². The lowest BCUT2D eigenvalue weighted by atomic mass is 10.1. The van der Waals surface area contributed by atoms with Crippen LogP contribution in [0, 0.1) is 0 Å². The normalized spacial score (nSPS) is 13.7. The van der Waals surface area contributed by atoms with Gasteiger partial charge in [-0.05, 0) is 61.0 Å². The number of carbonyl (C=O) groups excluding carboxylic acids is 1. The van der Waals surface area contributed by atoms with Crippen LogP contribution in [0.3, 0.4) is 0 Å². The second-order valence-corrected chi connectivity index (χ2v) is 9.10. The Bertz CT molecular complexity index is 1530.